The number of amides is 1. The number of rotatable bonds is 2. The van der Waals surface area contributed by atoms with E-state index in [4.69, 9.17) is 4.74 Å². The van der Waals surface area contributed by atoms with Crippen LogP contribution < -0.4 is 0 Å². The van der Waals surface area contributed by atoms with Crippen molar-refractivity contribution in [2.24, 2.45) is 5.18 Å². The number of nitroso groups, excluding NO2 is 1. The lowest BCUT2D eigenvalue weighted by atomic mass is 9.89. The first kappa shape index (κ1) is 16.5. The third-order valence-electron chi connectivity index (χ3n) is 3.86. The molecule has 5 heteroatoms. The minimum Gasteiger partial charge on any atom is -0.444 e. The normalized spacial score (nSPS) is 18.9. The second-order valence-corrected chi connectivity index (χ2v) is 6.90. The van der Waals surface area contributed by atoms with Crippen LogP contribution in [-0.2, 0) is 4.74 Å². The SMILES string of the molecule is Cc1cc(C2CCCN(C(=O)OC(C)(C)C)C2)ccc1N=O. The van der Waals surface area contributed by atoms with E-state index in [1.165, 1.54) is 0 Å². The van der Waals surface area contributed by atoms with E-state index >= 15 is 0 Å². The van der Waals surface area contributed by atoms with Crippen molar-refractivity contribution >= 4 is 11.8 Å². The summed E-state index contributed by atoms with van der Waals surface area (Å²) in [5.74, 6) is 0.278. The van der Waals surface area contributed by atoms with Crippen molar-refractivity contribution in [3.8, 4) is 0 Å². The third kappa shape index (κ3) is 4.06. The van der Waals surface area contributed by atoms with Crippen LogP contribution in [-0.4, -0.2) is 29.7 Å². The van der Waals surface area contributed by atoms with Crippen LogP contribution in [0.2, 0.25) is 0 Å². The summed E-state index contributed by atoms with van der Waals surface area (Å²) >= 11 is 0. The average molecular weight is 304 g/mol. The van der Waals surface area contributed by atoms with E-state index in [0.717, 1.165) is 30.5 Å². The van der Waals surface area contributed by atoms with Gasteiger partial charge < -0.3 is 9.64 Å². The van der Waals surface area contributed by atoms with Gasteiger partial charge in [0, 0.05) is 19.0 Å². The zero-order valence-corrected chi connectivity index (χ0v) is 13.8. The Kier molecular flexibility index (Phi) is 4.84. The number of hydrogen-bond donors (Lipinski definition) is 0. The number of aryl methyl sites for hydroxylation is 1. The van der Waals surface area contributed by atoms with Crippen LogP contribution in [0.1, 0.15) is 50.7 Å². The van der Waals surface area contributed by atoms with Gasteiger partial charge in [-0.3, -0.25) is 0 Å². The van der Waals surface area contributed by atoms with Crippen molar-refractivity contribution in [2.45, 2.75) is 52.1 Å². The van der Waals surface area contributed by atoms with E-state index < -0.39 is 5.60 Å². The number of carbonyl (C=O) groups is 1. The monoisotopic (exact) mass is 304 g/mol. The second-order valence-electron chi connectivity index (χ2n) is 6.90. The summed E-state index contributed by atoms with van der Waals surface area (Å²) in [4.78, 5) is 24.7. The molecule has 1 unspecified atom stereocenters. The number of benzene rings is 1. The van der Waals surface area contributed by atoms with Crippen molar-refractivity contribution < 1.29 is 9.53 Å². The first-order chi connectivity index (χ1) is 10.3. The van der Waals surface area contributed by atoms with Gasteiger partial charge in [-0.2, -0.15) is 0 Å². The van der Waals surface area contributed by atoms with Crippen molar-refractivity contribution in [3.63, 3.8) is 0 Å². The zero-order valence-electron chi connectivity index (χ0n) is 13.8. The average Bonchev–Trinajstić information content (AvgIpc) is 2.45. The number of nitrogens with zero attached hydrogens (tertiary/aromatic N) is 2. The Morgan fingerprint density at radius 3 is 2.68 bits per heavy atom. The molecule has 1 fully saturated rings. The highest BCUT2D eigenvalue weighted by molar-refractivity contribution is 5.68. The first-order valence-electron chi connectivity index (χ1n) is 7.72. The van der Waals surface area contributed by atoms with Crippen LogP contribution in [0.25, 0.3) is 0 Å². The summed E-state index contributed by atoms with van der Waals surface area (Å²) in [5, 5.41) is 3.01. The van der Waals surface area contributed by atoms with Gasteiger partial charge in [0.25, 0.3) is 0 Å². The summed E-state index contributed by atoms with van der Waals surface area (Å²) in [7, 11) is 0. The fourth-order valence-electron chi connectivity index (χ4n) is 2.78. The first-order valence-corrected chi connectivity index (χ1v) is 7.72. The van der Waals surface area contributed by atoms with Crippen molar-refractivity contribution in [3.05, 3.63) is 34.2 Å². The van der Waals surface area contributed by atoms with Crippen LogP contribution >= 0.6 is 0 Å². The summed E-state index contributed by atoms with van der Waals surface area (Å²) in [6.07, 6.45) is 1.74. The molecule has 2 rings (SSSR count). The van der Waals surface area contributed by atoms with Gasteiger partial charge >= 0.3 is 6.09 Å². The topological polar surface area (TPSA) is 59.0 Å². The predicted octanol–water partition coefficient (Wildman–Crippen LogP) is 4.51. The second kappa shape index (κ2) is 6.46. The highest BCUT2D eigenvalue weighted by Crippen LogP contribution is 2.30. The van der Waals surface area contributed by atoms with E-state index in [1.807, 2.05) is 39.8 Å². The fraction of sp³-hybridized carbons (Fsp3) is 0.588. The Labute approximate surface area is 131 Å². The maximum absolute atomic E-state index is 12.2. The summed E-state index contributed by atoms with van der Waals surface area (Å²) in [6, 6.07) is 5.69. The fourth-order valence-corrected chi connectivity index (χ4v) is 2.78. The van der Waals surface area contributed by atoms with Gasteiger partial charge in [-0.1, -0.05) is 12.1 Å². The number of piperidine rings is 1. The molecule has 22 heavy (non-hydrogen) atoms. The molecule has 1 saturated heterocycles. The zero-order chi connectivity index (χ0) is 16.3. The Morgan fingerprint density at radius 1 is 1.36 bits per heavy atom. The van der Waals surface area contributed by atoms with E-state index in [9.17, 15) is 9.70 Å². The van der Waals surface area contributed by atoms with E-state index in [2.05, 4.69) is 5.18 Å². The van der Waals surface area contributed by atoms with Crippen molar-refractivity contribution in [2.75, 3.05) is 13.1 Å². The Bertz CT molecular complexity index is 564. The Hall–Kier alpha value is -1.91. The molecule has 1 aliphatic rings. The van der Waals surface area contributed by atoms with Gasteiger partial charge in [0.1, 0.15) is 11.3 Å². The molecular formula is C17H24N2O3. The summed E-state index contributed by atoms with van der Waals surface area (Å²) in [5.41, 5.74) is 2.03. The van der Waals surface area contributed by atoms with Crippen molar-refractivity contribution in [1.29, 1.82) is 0 Å². The van der Waals surface area contributed by atoms with Crippen LogP contribution in [0.5, 0.6) is 0 Å². The molecule has 0 aliphatic carbocycles. The van der Waals surface area contributed by atoms with Crippen molar-refractivity contribution in [1.82, 2.24) is 4.90 Å². The Morgan fingerprint density at radius 2 is 2.09 bits per heavy atom. The largest absolute Gasteiger partial charge is 0.444 e. The Balaban J connectivity index is 2.09. The highest BCUT2D eigenvalue weighted by Gasteiger charge is 2.28. The molecule has 0 radical (unpaired) electrons. The standard InChI is InChI=1S/C17H24N2O3/c1-12-10-13(7-8-15(12)18-21)14-6-5-9-19(11-14)16(20)22-17(2,3)4/h7-8,10,14H,5-6,9,11H2,1-4H3. The van der Waals surface area contributed by atoms with Crippen LogP contribution in [0, 0.1) is 11.8 Å². The van der Waals surface area contributed by atoms with Crippen LogP contribution in [0.4, 0.5) is 10.5 Å². The molecule has 120 valence electrons. The van der Waals surface area contributed by atoms with Crippen LogP contribution in [0.15, 0.2) is 23.4 Å². The molecule has 0 saturated carbocycles. The van der Waals surface area contributed by atoms with Gasteiger partial charge in [-0.25, -0.2) is 4.79 Å². The maximum atomic E-state index is 12.2. The van der Waals surface area contributed by atoms with Gasteiger partial charge in [-0.05, 0) is 62.9 Å². The van der Waals surface area contributed by atoms with Gasteiger partial charge in [0.15, 0.2) is 0 Å². The molecule has 1 aromatic carbocycles. The highest BCUT2D eigenvalue weighted by atomic mass is 16.6. The molecule has 0 spiro atoms. The molecule has 5 nitrogen and oxygen atoms in total. The number of ether oxygens (including phenoxy) is 1. The molecule has 1 heterocycles. The third-order valence-corrected chi connectivity index (χ3v) is 3.86. The van der Waals surface area contributed by atoms with Crippen LogP contribution in [0.3, 0.4) is 0 Å². The molecule has 1 atom stereocenters. The molecule has 0 aromatic heterocycles. The minimum atomic E-state index is -0.474. The van der Waals surface area contributed by atoms with E-state index in [-0.39, 0.29) is 12.0 Å². The van der Waals surface area contributed by atoms with E-state index in [1.54, 1.807) is 11.0 Å². The van der Waals surface area contributed by atoms with Gasteiger partial charge in [-0.15, -0.1) is 4.91 Å². The molecule has 0 N–H and O–H groups in total. The number of carbonyl (C=O) groups excluding carboxylic acids is 1. The lowest BCUT2D eigenvalue weighted by molar-refractivity contribution is 0.0198. The predicted molar refractivity (Wildman–Crippen MR) is 86.4 cm³/mol. The summed E-state index contributed by atoms with van der Waals surface area (Å²) in [6.45, 7) is 8.90. The number of hydrogen-bond acceptors (Lipinski definition) is 4. The van der Waals surface area contributed by atoms with E-state index in [0.29, 0.717) is 12.2 Å². The molecule has 1 aliphatic heterocycles. The molecule has 1 amide bonds. The quantitative estimate of drug-likeness (QED) is 0.755. The number of likely N-dealkylation sites (tertiary alicyclic amines) is 1. The maximum Gasteiger partial charge on any atom is 0.410 e. The van der Waals surface area contributed by atoms with Gasteiger partial charge in [0.2, 0.25) is 0 Å². The van der Waals surface area contributed by atoms with Gasteiger partial charge in [0.05, 0.1) is 0 Å². The molecular weight excluding hydrogens is 280 g/mol. The smallest absolute Gasteiger partial charge is 0.410 e. The lowest BCUT2D eigenvalue weighted by Crippen LogP contribution is -2.42. The lowest BCUT2D eigenvalue weighted by Gasteiger charge is -2.34. The summed E-state index contributed by atoms with van der Waals surface area (Å²) < 4.78 is 5.45. The molecule has 0 bridgehead atoms. The minimum absolute atomic E-state index is 0.250. The molecule has 1 aromatic rings.